The number of halogens is 1. The molecule has 156 valence electrons. The standard InChI is InChI=1S/C21H22BrN5O2S/c1-4-18(20(29)24-16-10-8-15(22)9-11-16)30-21-26-25-19(27(21)3)14-6-5-7-17(12-14)23-13(2)28/h5-12,18H,4H2,1-3H3,(H,23,28)(H,24,29). The molecule has 0 aliphatic carbocycles. The number of carbonyl (C=O) groups excluding carboxylic acids is 2. The van der Waals surface area contributed by atoms with E-state index in [0.717, 1.165) is 15.7 Å². The highest BCUT2D eigenvalue weighted by molar-refractivity contribution is 9.10. The molecule has 9 heteroatoms. The minimum Gasteiger partial charge on any atom is -0.326 e. The maximum Gasteiger partial charge on any atom is 0.237 e. The largest absolute Gasteiger partial charge is 0.326 e. The summed E-state index contributed by atoms with van der Waals surface area (Å²) in [6.45, 7) is 3.43. The van der Waals surface area contributed by atoms with Crippen LogP contribution in [-0.4, -0.2) is 31.8 Å². The molecule has 0 fully saturated rings. The average molecular weight is 488 g/mol. The van der Waals surface area contributed by atoms with Crippen molar-refractivity contribution in [2.75, 3.05) is 10.6 Å². The van der Waals surface area contributed by atoms with E-state index < -0.39 is 0 Å². The van der Waals surface area contributed by atoms with E-state index in [-0.39, 0.29) is 17.1 Å². The second-order valence-corrected chi connectivity index (χ2v) is 8.72. The molecule has 0 spiro atoms. The normalized spacial score (nSPS) is 11.7. The average Bonchev–Trinajstić information content (AvgIpc) is 3.07. The predicted molar refractivity (Wildman–Crippen MR) is 123 cm³/mol. The maximum atomic E-state index is 12.7. The molecular formula is C21H22BrN5O2S. The van der Waals surface area contributed by atoms with Crippen molar-refractivity contribution in [3.8, 4) is 11.4 Å². The highest BCUT2D eigenvalue weighted by atomic mass is 79.9. The Bertz CT molecular complexity index is 1050. The molecule has 0 aliphatic rings. The van der Waals surface area contributed by atoms with Crippen molar-refractivity contribution in [2.45, 2.75) is 30.7 Å². The summed E-state index contributed by atoms with van der Waals surface area (Å²) < 4.78 is 2.81. The van der Waals surface area contributed by atoms with Crippen LogP contribution in [0.25, 0.3) is 11.4 Å². The lowest BCUT2D eigenvalue weighted by atomic mass is 10.2. The number of nitrogens with zero attached hydrogens (tertiary/aromatic N) is 3. The number of aromatic nitrogens is 3. The van der Waals surface area contributed by atoms with Crippen molar-refractivity contribution < 1.29 is 9.59 Å². The zero-order valence-corrected chi connectivity index (χ0v) is 19.3. The van der Waals surface area contributed by atoms with Crippen LogP contribution in [-0.2, 0) is 16.6 Å². The van der Waals surface area contributed by atoms with Crippen LogP contribution in [0.4, 0.5) is 11.4 Å². The fraction of sp³-hybridized carbons (Fsp3) is 0.238. The molecule has 1 aromatic heterocycles. The second-order valence-electron chi connectivity index (χ2n) is 6.64. The quantitative estimate of drug-likeness (QED) is 0.471. The van der Waals surface area contributed by atoms with Crippen LogP contribution in [0.1, 0.15) is 20.3 Å². The summed E-state index contributed by atoms with van der Waals surface area (Å²) in [7, 11) is 1.86. The number of rotatable bonds is 7. The lowest BCUT2D eigenvalue weighted by Gasteiger charge is -2.14. The Morgan fingerprint density at radius 3 is 2.50 bits per heavy atom. The Morgan fingerprint density at radius 2 is 1.83 bits per heavy atom. The van der Waals surface area contributed by atoms with Gasteiger partial charge in [0.15, 0.2) is 11.0 Å². The number of hydrogen-bond acceptors (Lipinski definition) is 5. The van der Waals surface area contributed by atoms with E-state index in [1.54, 1.807) is 0 Å². The van der Waals surface area contributed by atoms with Crippen molar-refractivity contribution in [2.24, 2.45) is 7.05 Å². The summed E-state index contributed by atoms with van der Waals surface area (Å²) in [5.41, 5.74) is 2.27. The number of thioether (sulfide) groups is 1. The summed E-state index contributed by atoms with van der Waals surface area (Å²) in [6, 6.07) is 14.9. The van der Waals surface area contributed by atoms with Gasteiger partial charge in [0.05, 0.1) is 5.25 Å². The van der Waals surface area contributed by atoms with Crippen molar-refractivity contribution in [3.05, 3.63) is 53.0 Å². The van der Waals surface area contributed by atoms with E-state index in [4.69, 9.17) is 0 Å². The first-order valence-corrected chi connectivity index (χ1v) is 11.0. The Hall–Kier alpha value is -2.65. The first-order valence-electron chi connectivity index (χ1n) is 9.38. The number of carbonyl (C=O) groups is 2. The molecule has 2 aromatic carbocycles. The van der Waals surface area contributed by atoms with Gasteiger partial charge < -0.3 is 15.2 Å². The summed E-state index contributed by atoms with van der Waals surface area (Å²) in [4.78, 5) is 24.0. The van der Waals surface area contributed by atoms with Crippen molar-refractivity contribution in [3.63, 3.8) is 0 Å². The zero-order valence-electron chi connectivity index (χ0n) is 16.8. The van der Waals surface area contributed by atoms with Crippen molar-refractivity contribution in [1.29, 1.82) is 0 Å². The molecule has 3 rings (SSSR count). The van der Waals surface area contributed by atoms with Crippen LogP contribution in [0, 0.1) is 0 Å². The lowest BCUT2D eigenvalue weighted by molar-refractivity contribution is -0.116. The molecule has 7 nitrogen and oxygen atoms in total. The second kappa shape index (κ2) is 9.90. The highest BCUT2D eigenvalue weighted by Crippen LogP contribution is 2.29. The molecule has 1 heterocycles. The minimum atomic E-state index is -0.310. The minimum absolute atomic E-state index is 0.0815. The smallest absolute Gasteiger partial charge is 0.237 e. The molecule has 0 aliphatic heterocycles. The fourth-order valence-electron chi connectivity index (χ4n) is 2.81. The van der Waals surface area contributed by atoms with E-state index in [1.807, 2.05) is 67.1 Å². The molecule has 30 heavy (non-hydrogen) atoms. The molecule has 1 unspecified atom stereocenters. The first kappa shape index (κ1) is 22.0. The predicted octanol–water partition coefficient (Wildman–Crippen LogP) is 4.71. The number of hydrogen-bond donors (Lipinski definition) is 2. The molecule has 0 radical (unpaired) electrons. The number of amides is 2. The van der Waals surface area contributed by atoms with Gasteiger partial charge in [-0.2, -0.15) is 0 Å². The van der Waals surface area contributed by atoms with Gasteiger partial charge in [0.1, 0.15) is 0 Å². The summed E-state index contributed by atoms with van der Waals surface area (Å²) in [5.74, 6) is 0.443. The number of nitrogens with one attached hydrogen (secondary N) is 2. The van der Waals surface area contributed by atoms with Crippen LogP contribution < -0.4 is 10.6 Å². The molecule has 0 saturated heterocycles. The summed E-state index contributed by atoms with van der Waals surface area (Å²) >= 11 is 4.76. The van der Waals surface area contributed by atoms with Crippen molar-refractivity contribution in [1.82, 2.24) is 14.8 Å². The van der Waals surface area contributed by atoms with Crippen LogP contribution in [0.15, 0.2) is 58.2 Å². The molecule has 3 aromatic rings. The zero-order chi connectivity index (χ0) is 21.7. The van der Waals surface area contributed by atoms with Gasteiger partial charge >= 0.3 is 0 Å². The number of anilines is 2. The van der Waals surface area contributed by atoms with Crippen LogP contribution >= 0.6 is 27.7 Å². The SMILES string of the molecule is CCC(Sc1nnc(-c2cccc(NC(C)=O)c2)n1C)C(=O)Nc1ccc(Br)cc1. The van der Waals surface area contributed by atoms with Crippen LogP contribution in [0.5, 0.6) is 0 Å². The van der Waals surface area contributed by atoms with E-state index in [0.29, 0.717) is 23.1 Å². The topological polar surface area (TPSA) is 88.9 Å². The van der Waals surface area contributed by atoms with Gasteiger partial charge in [-0.25, -0.2) is 0 Å². The maximum absolute atomic E-state index is 12.7. The molecule has 2 amide bonds. The molecule has 0 saturated carbocycles. The van der Waals surface area contributed by atoms with E-state index in [1.165, 1.54) is 18.7 Å². The first-order chi connectivity index (χ1) is 14.4. The Labute approximate surface area is 187 Å². The monoisotopic (exact) mass is 487 g/mol. The molecule has 0 bridgehead atoms. The van der Waals surface area contributed by atoms with Gasteiger partial charge in [-0.15, -0.1) is 10.2 Å². The van der Waals surface area contributed by atoms with E-state index in [2.05, 4.69) is 36.8 Å². The van der Waals surface area contributed by atoms with Gasteiger partial charge in [-0.1, -0.05) is 46.7 Å². The van der Waals surface area contributed by atoms with E-state index >= 15 is 0 Å². The van der Waals surface area contributed by atoms with Crippen LogP contribution in [0.2, 0.25) is 0 Å². The Morgan fingerprint density at radius 1 is 1.10 bits per heavy atom. The van der Waals surface area contributed by atoms with Gasteiger partial charge in [0.2, 0.25) is 11.8 Å². The Kier molecular flexibility index (Phi) is 7.28. The third-order valence-corrected chi connectivity index (χ3v) is 6.23. The van der Waals surface area contributed by atoms with Crippen LogP contribution in [0.3, 0.4) is 0 Å². The molecule has 2 N–H and O–H groups in total. The van der Waals surface area contributed by atoms with Gasteiger partial charge in [-0.05, 0) is 42.8 Å². The molecular weight excluding hydrogens is 466 g/mol. The Balaban J connectivity index is 1.75. The van der Waals surface area contributed by atoms with E-state index in [9.17, 15) is 9.59 Å². The van der Waals surface area contributed by atoms with Crippen molar-refractivity contribution >= 4 is 50.9 Å². The third-order valence-electron chi connectivity index (χ3n) is 4.30. The fourth-order valence-corrected chi connectivity index (χ4v) is 4.00. The highest BCUT2D eigenvalue weighted by Gasteiger charge is 2.22. The lowest BCUT2D eigenvalue weighted by Crippen LogP contribution is -2.25. The van der Waals surface area contributed by atoms with Gasteiger partial charge in [0.25, 0.3) is 0 Å². The van der Waals surface area contributed by atoms with Gasteiger partial charge in [0, 0.05) is 35.4 Å². The third kappa shape index (κ3) is 5.48. The number of benzene rings is 2. The van der Waals surface area contributed by atoms with Gasteiger partial charge in [-0.3, -0.25) is 9.59 Å². The summed E-state index contributed by atoms with van der Waals surface area (Å²) in [5, 5.41) is 14.6. The summed E-state index contributed by atoms with van der Waals surface area (Å²) in [6.07, 6.45) is 0.646. The molecule has 1 atom stereocenters.